The largest absolute Gasteiger partial charge is 0.376 e. The molecule has 25 heavy (non-hydrogen) atoms. The first-order valence-corrected chi connectivity index (χ1v) is 9.93. The molecule has 1 unspecified atom stereocenters. The van der Waals surface area contributed by atoms with Gasteiger partial charge in [-0.25, -0.2) is 0 Å². The van der Waals surface area contributed by atoms with E-state index in [1.54, 1.807) is 0 Å². The molecule has 2 aromatic rings. The maximum absolute atomic E-state index is 6.49. The summed E-state index contributed by atoms with van der Waals surface area (Å²) in [5.41, 5.74) is 6.06. The van der Waals surface area contributed by atoms with E-state index in [1.165, 1.54) is 54.6 Å². The lowest BCUT2D eigenvalue weighted by Crippen LogP contribution is -2.39. The second-order valence-electron chi connectivity index (χ2n) is 7.84. The highest BCUT2D eigenvalue weighted by Crippen LogP contribution is 2.53. The molecule has 2 aromatic carbocycles. The van der Waals surface area contributed by atoms with Crippen molar-refractivity contribution >= 4 is 0 Å². The van der Waals surface area contributed by atoms with Crippen LogP contribution < -0.4 is 0 Å². The van der Waals surface area contributed by atoms with E-state index in [0.29, 0.717) is 17.9 Å². The fraction of sp³-hybridized carbons (Fsp3) is 0.478. The summed E-state index contributed by atoms with van der Waals surface area (Å²) in [6.07, 6.45) is 5.58. The SMILES string of the molecule is c1ccc2c(c1)C1CC(OCCN3CCCCC3)C2c2ccccc21. The number of hydrogen-bond acceptors (Lipinski definition) is 2. The van der Waals surface area contributed by atoms with E-state index in [4.69, 9.17) is 4.74 Å². The summed E-state index contributed by atoms with van der Waals surface area (Å²) in [6, 6.07) is 18.1. The van der Waals surface area contributed by atoms with Crippen LogP contribution in [0.25, 0.3) is 0 Å². The molecular weight excluding hydrogens is 306 g/mol. The molecule has 1 aliphatic heterocycles. The van der Waals surface area contributed by atoms with Gasteiger partial charge in [0.2, 0.25) is 0 Å². The van der Waals surface area contributed by atoms with Crippen LogP contribution in [-0.2, 0) is 4.74 Å². The zero-order chi connectivity index (χ0) is 16.6. The highest BCUT2D eigenvalue weighted by atomic mass is 16.5. The van der Waals surface area contributed by atoms with E-state index >= 15 is 0 Å². The molecule has 0 N–H and O–H groups in total. The molecule has 0 spiro atoms. The molecule has 1 saturated heterocycles. The van der Waals surface area contributed by atoms with Crippen molar-refractivity contribution in [2.75, 3.05) is 26.2 Å². The lowest BCUT2D eigenvalue weighted by molar-refractivity contribution is 0.00967. The summed E-state index contributed by atoms with van der Waals surface area (Å²) in [4.78, 5) is 2.58. The number of ether oxygens (including phenoxy) is 1. The molecule has 2 bridgehead atoms. The smallest absolute Gasteiger partial charge is 0.0694 e. The average Bonchev–Trinajstić information content (AvgIpc) is 2.69. The normalized spacial score (nSPS) is 27.8. The van der Waals surface area contributed by atoms with Gasteiger partial charge in [-0.15, -0.1) is 0 Å². The van der Waals surface area contributed by atoms with Gasteiger partial charge in [-0.1, -0.05) is 55.0 Å². The molecule has 1 atom stereocenters. The Balaban J connectivity index is 1.36. The number of piperidine rings is 1. The second-order valence-corrected chi connectivity index (χ2v) is 7.84. The molecule has 6 rings (SSSR count). The maximum Gasteiger partial charge on any atom is 0.0694 e. The molecule has 3 aliphatic carbocycles. The van der Waals surface area contributed by atoms with Gasteiger partial charge in [0.1, 0.15) is 0 Å². The Labute approximate surface area is 150 Å². The number of fused-ring (bicyclic) bond motifs is 1. The Hall–Kier alpha value is -1.64. The Morgan fingerprint density at radius 3 is 2.04 bits per heavy atom. The van der Waals surface area contributed by atoms with Gasteiger partial charge in [0, 0.05) is 18.4 Å². The Morgan fingerprint density at radius 2 is 1.40 bits per heavy atom. The van der Waals surface area contributed by atoms with Crippen LogP contribution in [0.2, 0.25) is 0 Å². The Kier molecular flexibility index (Phi) is 4.11. The highest BCUT2D eigenvalue weighted by Gasteiger charge is 2.43. The van der Waals surface area contributed by atoms with Crippen molar-refractivity contribution in [2.24, 2.45) is 0 Å². The molecule has 0 aromatic heterocycles. The van der Waals surface area contributed by atoms with Crippen LogP contribution in [0.4, 0.5) is 0 Å². The van der Waals surface area contributed by atoms with E-state index < -0.39 is 0 Å². The number of likely N-dealkylation sites (tertiary alicyclic amines) is 1. The third-order valence-corrected chi connectivity index (χ3v) is 6.44. The molecular formula is C23H27NO. The molecule has 0 radical (unpaired) electrons. The third-order valence-electron chi connectivity index (χ3n) is 6.44. The Bertz CT molecular complexity index is 702. The van der Waals surface area contributed by atoms with E-state index in [0.717, 1.165) is 19.6 Å². The maximum atomic E-state index is 6.49. The van der Waals surface area contributed by atoms with E-state index in [-0.39, 0.29) is 0 Å². The molecule has 4 aliphatic rings. The molecule has 2 nitrogen and oxygen atoms in total. The minimum Gasteiger partial charge on any atom is -0.376 e. The first-order chi connectivity index (χ1) is 12.4. The van der Waals surface area contributed by atoms with Crippen molar-refractivity contribution in [1.82, 2.24) is 4.90 Å². The van der Waals surface area contributed by atoms with Gasteiger partial charge in [-0.2, -0.15) is 0 Å². The first kappa shape index (κ1) is 15.6. The van der Waals surface area contributed by atoms with Crippen LogP contribution in [0.1, 0.15) is 59.8 Å². The van der Waals surface area contributed by atoms with Crippen LogP contribution in [0.15, 0.2) is 48.5 Å². The second kappa shape index (κ2) is 6.59. The van der Waals surface area contributed by atoms with Gasteiger partial charge in [0.25, 0.3) is 0 Å². The predicted octanol–water partition coefficient (Wildman–Crippen LogP) is 4.54. The van der Waals surface area contributed by atoms with Gasteiger partial charge in [0.15, 0.2) is 0 Å². The van der Waals surface area contributed by atoms with Crippen molar-refractivity contribution < 1.29 is 4.74 Å². The fourth-order valence-corrected chi connectivity index (χ4v) is 5.26. The number of nitrogens with zero attached hydrogens (tertiary/aromatic N) is 1. The summed E-state index contributed by atoms with van der Waals surface area (Å²) >= 11 is 0. The van der Waals surface area contributed by atoms with Crippen molar-refractivity contribution in [1.29, 1.82) is 0 Å². The predicted molar refractivity (Wildman–Crippen MR) is 101 cm³/mol. The van der Waals surface area contributed by atoms with Crippen molar-refractivity contribution in [3.63, 3.8) is 0 Å². The molecule has 1 fully saturated rings. The van der Waals surface area contributed by atoms with E-state index in [9.17, 15) is 0 Å². The van der Waals surface area contributed by atoms with E-state index in [2.05, 4.69) is 53.4 Å². The van der Waals surface area contributed by atoms with Crippen LogP contribution in [0.5, 0.6) is 0 Å². The van der Waals surface area contributed by atoms with Crippen molar-refractivity contribution in [2.45, 2.75) is 43.6 Å². The number of benzene rings is 2. The van der Waals surface area contributed by atoms with Crippen LogP contribution in [-0.4, -0.2) is 37.2 Å². The molecule has 0 saturated carbocycles. The zero-order valence-corrected chi connectivity index (χ0v) is 14.9. The van der Waals surface area contributed by atoms with Crippen molar-refractivity contribution in [3.8, 4) is 0 Å². The first-order valence-electron chi connectivity index (χ1n) is 9.93. The monoisotopic (exact) mass is 333 g/mol. The lowest BCUT2D eigenvalue weighted by atomic mass is 9.62. The standard InChI is InChI=1S/C23H27NO/c1-6-12-24(13-7-1)14-15-25-22-16-21-17-8-2-4-10-19(17)23(22)20-11-5-3-9-18(20)21/h2-5,8-11,21-23H,1,6-7,12-16H2. The minimum absolute atomic E-state index is 0.333. The fourth-order valence-electron chi connectivity index (χ4n) is 5.26. The molecule has 0 amide bonds. The number of rotatable bonds is 4. The summed E-state index contributed by atoms with van der Waals surface area (Å²) in [6.45, 7) is 4.48. The van der Waals surface area contributed by atoms with Crippen molar-refractivity contribution in [3.05, 3.63) is 70.8 Å². The third kappa shape index (κ3) is 2.72. The highest BCUT2D eigenvalue weighted by molar-refractivity contribution is 5.56. The van der Waals surface area contributed by atoms with Crippen LogP contribution in [0.3, 0.4) is 0 Å². The van der Waals surface area contributed by atoms with Gasteiger partial charge in [-0.05, 0) is 54.6 Å². The molecule has 130 valence electrons. The average molecular weight is 333 g/mol. The zero-order valence-electron chi connectivity index (χ0n) is 14.9. The van der Waals surface area contributed by atoms with E-state index in [1.807, 2.05) is 0 Å². The van der Waals surface area contributed by atoms with Gasteiger partial charge >= 0.3 is 0 Å². The topological polar surface area (TPSA) is 12.5 Å². The lowest BCUT2D eigenvalue weighted by Gasteiger charge is -2.45. The van der Waals surface area contributed by atoms with Gasteiger partial charge in [0.05, 0.1) is 12.7 Å². The van der Waals surface area contributed by atoms with Gasteiger partial charge in [-0.3, -0.25) is 0 Å². The number of hydrogen-bond donors (Lipinski definition) is 0. The molecule has 1 heterocycles. The minimum atomic E-state index is 0.333. The summed E-state index contributed by atoms with van der Waals surface area (Å²) in [5, 5.41) is 0. The van der Waals surface area contributed by atoms with Gasteiger partial charge < -0.3 is 9.64 Å². The summed E-state index contributed by atoms with van der Waals surface area (Å²) < 4.78 is 6.49. The van der Waals surface area contributed by atoms with Crippen LogP contribution in [0, 0.1) is 0 Å². The molecule has 2 heteroatoms. The quantitative estimate of drug-likeness (QED) is 0.814. The Morgan fingerprint density at radius 1 is 0.800 bits per heavy atom. The summed E-state index contributed by atoms with van der Waals surface area (Å²) in [7, 11) is 0. The van der Waals surface area contributed by atoms with Crippen LogP contribution >= 0.6 is 0 Å². The summed E-state index contributed by atoms with van der Waals surface area (Å²) in [5.74, 6) is 0.927.